The van der Waals surface area contributed by atoms with Crippen molar-refractivity contribution in [3.63, 3.8) is 0 Å². The van der Waals surface area contributed by atoms with Crippen LogP contribution < -0.4 is 10.6 Å². The highest BCUT2D eigenvalue weighted by atomic mass is 35.5. The molecule has 2 saturated carbocycles. The van der Waals surface area contributed by atoms with Crippen LogP contribution in [0, 0.1) is 5.92 Å². The Labute approximate surface area is 213 Å². The van der Waals surface area contributed by atoms with E-state index in [1.165, 1.54) is 18.4 Å². The van der Waals surface area contributed by atoms with Crippen LogP contribution in [-0.2, 0) is 11.3 Å². The number of halogens is 1. The summed E-state index contributed by atoms with van der Waals surface area (Å²) < 4.78 is 2.11. The van der Waals surface area contributed by atoms with Gasteiger partial charge >= 0.3 is 0 Å². The SMILES string of the molecule is Clc1ccc2[nH]ncc2c1.O=C(Nc1cc(NCc2cn3cc(C4CC4)ccc3n2)ccn1)C1CC1. The maximum atomic E-state index is 11.9. The van der Waals surface area contributed by atoms with Crippen LogP contribution in [0.25, 0.3) is 16.6 Å². The molecule has 0 bridgehead atoms. The first-order chi connectivity index (χ1) is 17.6. The maximum Gasteiger partial charge on any atom is 0.228 e. The summed E-state index contributed by atoms with van der Waals surface area (Å²) >= 11 is 5.73. The summed E-state index contributed by atoms with van der Waals surface area (Å²) in [6.45, 7) is 0.625. The van der Waals surface area contributed by atoms with Crippen LogP contribution in [0.2, 0.25) is 5.02 Å². The summed E-state index contributed by atoms with van der Waals surface area (Å²) in [4.78, 5) is 20.7. The molecule has 0 aliphatic heterocycles. The molecule has 2 aliphatic rings. The van der Waals surface area contributed by atoms with Crippen molar-refractivity contribution < 1.29 is 4.79 Å². The van der Waals surface area contributed by atoms with E-state index in [0.29, 0.717) is 12.4 Å². The molecule has 2 fully saturated rings. The number of carbonyl (C=O) groups excluding carboxylic acids is 1. The van der Waals surface area contributed by atoms with Crippen molar-refractivity contribution in [1.82, 2.24) is 24.6 Å². The standard InChI is InChI=1S/C20H21N5O.C7H5ClN2/c26-20(14-3-4-14)24-18-9-16(7-8-21-18)22-10-17-12-25-11-15(13-1-2-13)5-6-19(25)23-17;8-6-1-2-7-5(3-6)4-9-10-7/h5-9,11-14H,1-4,10H2,(H2,21,22,24,26);1-4H,(H,9,10). The molecule has 8 nitrogen and oxygen atoms in total. The van der Waals surface area contributed by atoms with Gasteiger partial charge in [-0.25, -0.2) is 9.97 Å². The van der Waals surface area contributed by atoms with Crippen molar-refractivity contribution in [3.05, 3.63) is 83.5 Å². The number of carbonyl (C=O) groups is 1. The third-order valence-corrected chi connectivity index (χ3v) is 6.64. The fourth-order valence-electron chi connectivity index (χ4n) is 4.09. The first kappa shape index (κ1) is 22.5. The van der Waals surface area contributed by atoms with Gasteiger partial charge in [0.1, 0.15) is 11.5 Å². The fraction of sp³-hybridized carbons (Fsp3) is 0.259. The van der Waals surface area contributed by atoms with Crippen LogP contribution in [0.3, 0.4) is 0 Å². The topological polar surface area (TPSA) is 100 Å². The van der Waals surface area contributed by atoms with E-state index in [0.717, 1.165) is 51.7 Å². The molecule has 0 spiro atoms. The number of benzene rings is 1. The van der Waals surface area contributed by atoms with Gasteiger partial charge in [0, 0.05) is 46.7 Å². The van der Waals surface area contributed by atoms with Crippen molar-refractivity contribution in [1.29, 1.82) is 0 Å². The number of rotatable bonds is 6. The number of fused-ring (bicyclic) bond motifs is 2. The number of H-pyrrole nitrogens is 1. The maximum absolute atomic E-state index is 11.9. The van der Waals surface area contributed by atoms with E-state index in [2.05, 4.69) is 59.7 Å². The molecular weight excluding hydrogens is 474 g/mol. The van der Waals surface area contributed by atoms with Crippen LogP contribution in [-0.4, -0.2) is 30.5 Å². The summed E-state index contributed by atoms with van der Waals surface area (Å²) in [6.07, 6.45) is 12.3. The molecule has 4 heterocycles. The molecule has 2 aliphatic carbocycles. The van der Waals surface area contributed by atoms with Crippen LogP contribution in [0.15, 0.2) is 67.3 Å². The summed E-state index contributed by atoms with van der Waals surface area (Å²) in [5.41, 5.74) is 5.29. The van der Waals surface area contributed by atoms with Gasteiger partial charge in [-0.15, -0.1) is 0 Å². The zero-order valence-corrected chi connectivity index (χ0v) is 20.4. The summed E-state index contributed by atoms with van der Waals surface area (Å²) in [7, 11) is 0. The van der Waals surface area contributed by atoms with Crippen molar-refractivity contribution in [2.45, 2.75) is 38.1 Å². The average Bonchev–Trinajstić information content (AvgIpc) is 3.81. The van der Waals surface area contributed by atoms with E-state index in [1.807, 2.05) is 30.3 Å². The molecule has 5 aromatic rings. The molecule has 4 aromatic heterocycles. The van der Waals surface area contributed by atoms with Gasteiger partial charge in [0.25, 0.3) is 0 Å². The predicted molar refractivity (Wildman–Crippen MR) is 141 cm³/mol. The molecule has 0 atom stereocenters. The Kier molecular flexibility index (Phi) is 6.03. The number of aromatic amines is 1. The van der Waals surface area contributed by atoms with Crippen molar-refractivity contribution in [2.24, 2.45) is 5.92 Å². The number of anilines is 2. The number of aromatic nitrogens is 5. The van der Waals surface area contributed by atoms with Crippen LogP contribution in [0.1, 0.15) is 42.9 Å². The molecule has 0 unspecified atom stereocenters. The lowest BCUT2D eigenvalue weighted by Crippen LogP contribution is -2.14. The molecule has 0 saturated heterocycles. The van der Waals surface area contributed by atoms with Gasteiger partial charge in [-0.1, -0.05) is 17.7 Å². The van der Waals surface area contributed by atoms with Gasteiger partial charge in [0.15, 0.2) is 0 Å². The second-order valence-corrected chi connectivity index (χ2v) is 9.82. The smallest absolute Gasteiger partial charge is 0.228 e. The Balaban J connectivity index is 0.000000200. The minimum atomic E-state index is 0.0708. The average molecular weight is 500 g/mol. The zero-order chi connectivity index (χ0) is 24.5. The molecule has 1 aromatic carbocycles. The Morgan fingerprint density at radius 1 is 1.08 bits per heavy atom. The number of hydrogen-bond acceptors (Lipinski definition) is 5. The van der Waals surface area contributed by atoms with Crippen molar-refractivity contribution in [3.8, 4) is 0 Å². The van der Waals surface area contributed by atoms with E-state index < -0.39 is 0 Å². The van der Waals surface area contributed by atoms with Gasteiger partial charge in [0.05, 0.1) is 24.0 Å². The molecule has 9 heteroatoms. The number of amides is 1. The lowest BCUT2D eigenvalue weighted by molar-refractivity contribution is -0.117. The third-order valence-electron chi connectivity index (χ3n) is 6.41. The Bertz CT molecular complexity index is 1530. The van der Waals surface area contributed by atoms with E-state index in [-0.39, 0.29) is 11.8 Å². The van der Waals surface area contributed by atoms with Crippen molar-refractivity contribution >= 4 is 45.6 Å². The molecule has 36 heavy (non-hydrogen) atoms. The number of hydrogen-bond donors (Lipinski definition) is 3. The third kappa shape index (κ3) is 5.33. The second-order valence-electron chi connectivity index (χ2n) is 9.38. The molecule has 3 N–H and O–H groups in total. The number of nitrogens with zero attached hydrogens (tertiary/aromatic N) is 4. The van der Waals surface area contributed by atoms with E-state index in [1.54, 1.807) is 12.4 Å². The lowest BCUT2D eigenvalue weighted by atomic mass is 10.2. The van der Waals surface area contributed by atoms with E-state index >= 15 is 0 Å². The zero-order valence-electron chi connectivity index (χ0n) is 19.6. The van der Waals surface area contributed by atoms with Gasteiger partial charge in [0.2, 0.25) is 5.91 Å². The van der Waals surface area contributed by atoms with Crippen LogP contribution in [0.4, 0.5) is 11.5 Å². The van der Waals surface area contributed by atoms with Gasteiger partial charge in [-0.3, -0.25) is 9.89 Å². The first-order valence-electron chi connectivity index (χ1n) is 12.2. The minimum Gasteiger partial charge on any atom is -0.379 e. The van der Waals surface area contributed by atoms with Crippen LogP contribution in [0.5, 0.6) is 0 Å². The highest BCUT2D eigenvalue weighted by molar-refractivity contribution is 6.31. The molecule has 1 amide bonds. The largest absolute Gasteiger partial charge is 0.379 e. The minimum absolute atomic E-state index is 0.0708. The monoisotopic (exact) mass is 499 g/mol. The van der Waals surface area contributed by atoms with E-state index in [9.17, 15) is 4.79 Å². The van der Waals surface area contributed by atoms with E-state index in [4.69, 9.17) is 11.6 Å². The first-order valence-corrected chi connectivity index (χ1v) is 12.6. The number of nitrogens with one attached hydrogen (secondary N) is 3. The van der Waals surface area contributed by atoms with Crippen molar-refractivity contribution in [2.75, 3.05) is 10.6 Å². The molecular formula is C27H26ClN7O. The molecule has 0 radical (unpaired) electrons. The van der Waals surface area contributed by atoms with Gasteiger partial charge < -0.3 is 15.0 Å². The highest BCUT2D eigenvalue weighted by Gasteiger charge is 2.29. The fourth-order valence-corrected chi connectivity index (χ4v) is 4.27. The molecule has 182 valence electrons. The summed E-state index contributed by atoms with van der Waals surface area (Å²) in [5, 5.41) is 14.7. The van der Waals surface area contributed by atoms with Crippen LogP contribution >= 0.6 is 11.6 Å². The Hall–Kier alpha value is -3.91. The lowest BCUT2D eigenvalue weighted by Gasteiger charge is -2.07. The second kappa shape index (κ2) is 9.62. The summed E-state index contributed by atoms with van der Waals surface area (Å²) in [6, 6.07) is 13.7. The quantitative estimate of drug-likeness (QED) is 0.275. The normalized spacial score (nSPS) is 14.9. The predicted octanol–water partition coefficient (Wildman–Crippen LogP) is 5.78. The highest BCUT2D eigenvalue weighted by Crippen LogP contribution is 2.39. The molecule has 7 rings (SSSR count). The number of pyridine rings is 2. The van der Waals surface area contributed by atoms with Gasteiger partial charge in [-0.2, -0.15) is 5.10 Å². The summed E-state index contributed by atoms with van der Waals surface area (Å²) in [5.74, 6) is 1.58. The number of imidazole rings is 1. The van der Waals surface area contributed by atoms with Gasteiger partial charge in [-0.05, 0) is 67.5 Å². The Morgan fingerprint density at radius 3 is 2.81 bits per heavy atom. The Morgan fingerprint density at radius 2 is 1.97 bits per heavy atom.